The lowest BCUT2D eigenvalue weighted by Gasteiger charge is -2.49. The van der Waals surface area contributed by atoms with Crippen molar-refractivity contribution in [1.29, 1.82) is 0 Å². The van der Waals surface area contributed by atoms with Crippen molar-refractivity contribution in [2.45, 2.75) is 37.8 Å². The Morgan fingerprint density at radius 3 is 2.42 bits per heavy atom. The molecule has 164 valence electrons. The van der Waals surface area contributed by atoms with Crippen LogP contribution in [0.25, 0.3) is 39.1 Å². The van der Waals surface area contributed by atoms with Gasteiger partial charge < -0.3 is 10.8 Å². The topological polar surface area (TPSA) is 102 Å². The standard InChI is InChI=1S/C26H24N6O/c1-16-11-22-29-13-19-12-21(17-7-9-28-10-8-17)23(30-24(19)32(22)31-16)18-3-5-20(6-4-18)26(27)14-25(2,33)15-26/h3-13,33H,14-15,27H2,1-2H3/t25-,26+. The van der Waals surface area contributed by atoms with Crippen LogP contribution in [0, 0.1) is 6.92 Å². The summed E-state index contributed by atoms with van der Waals surface area (Å²) < 4.78 is 1.80. The summed E-state index contributed by atoms with van der Waals surface area (Å²) in [6.45, 7) is 3.78. The number of aryl methyl sites for hydroxylation is 1. The second kappa shape index (κ2) is 6.91. The molecule has 1 saturated carbocycles. The average Bonchev–Trinajstić information content (AvgIpc) is 3.18. The van der Waals surface area contributed by atoms with Crippen LogP contribution in [0.3, 0.4) is 0 Å². The number of rotatable bonds is 3. The van der Waals surface area contributed by atoms with E-state index in [-0.39, 0.29) is 0 Å². The number of hydrogen-bond acceptors (Lipinski definition) is 6. The fraction of sp³-hybridized carbons (Fsp3) is 0.231. The fourth-order valence-corrected chi connectivity index (χ4v) is 5.10. The molecule has 1 aromatic carbocycles. The van der Waals surface area contributed by atoms with Gasteiger partial charge in [-0.05, 0) is 56.0 Å². The van der Waals surface area contributed by atoms with Gasteiger partial charge in [0.2, 0.25) is 0 Å². The summed E-state index contributed by atoms with van der Waals surface area (Å²) in [5.41, 5.74) is 12.7. The van der Waals surface area contributed by atoms with Gasteiger partial charge in [-0.1, -0.05) is 24.3 Å². The molecule has 0 unspecified atom stereocenters. The highest BCUT2D eigenvalue weighted by molar-refractivity contribution is 5.90. The molecule has 0 saturated heterocycles. The molecule has 0 bridgehead atoms. The molecule has 0 spiro atoms. The minimum absolute atomic E-state index is 0.489. The highest BCUT2D eigenvalue weighted by atomic mass is 16.3. The van der Waals surface area contributed by atoms with Crippen LogP contribution in [0.1, 0.15) is 31.0 Å². The summed E-state index contributed by atoms with van der Waals surface area (Å²) in [5, 5.41) is 15.7. The van der Waals surface area contributed by atoms with E-state index in [1.54, 1.807) is 16.9 Å². The summed E-state index contributed by atoms with van der Waals surface area (Å²) in [6.07, 6.45) is 6.52. The van der Waals surface area contributed by atoms with E-state index in [4.69, 9.17) is 10.7 Å². The highest BCUT2D eigenvalue weighted by Gasteiger charge is 2.49. The Morgan fingerprint density at radius 2 is 1.73 bits per heavy atom. The van der Waals surface area contributed by atoms with Crippen molar-refractivity contribution in [1.82, 2.24) is 24.6 Å². The van der Waals surface area contributed by atoms with Crippen LogP contribution in [0.15, 0.2) is 67.1 Å². The van der Waals surface area contributed by atoms with Crippen LogP contribution in [-0.4, -0.2) is 35.3 Å². The third-order valence-electron chi connectivity index (χ3n) is 6.50. The number of nitrogens with two attached hydrogens (primary N) is 1. The first-order valence-electron chi connectivity index (χ1n) is 11.0. The molecule has 1 aliphatic rings. The molecule has 4 heterocycles. The van der Waals surface area contributed by atoms with Crippen LogP contribution in [0.2, 0.25) is 0 Å². The zero-order chi connectivity index (χ0) is 22.8. The number of benzene rings is 1. The quantitative estimate of drug-likeness (QED) is 0.443. The lowest BCUT2D eigenvalue weighted by atomic mass is 9.63. The van der Waals surface area contributed by atoms with Gasteiger partial charge in [-0.2, -0.15) is 9.61 Å². The zero-order valence-corrected chi connectivity index (χ0v) is 18.5. The first kappa shape index (κ1) is 20.0. The summed E-state index contributed by atoms with van der Waals surface area (Å²) in [4.78, 5) is 13.8. The molecule has 4 aromatic heterocycles. The molecule has 6 rings (SSSR count). The third-order valence-corrected chi connectivity index (χ3v) is 6.50. The lowest BCUT2D eigenvalue weighted by molar-refractivity contribution is -0.0738. The van der Waals surface area contributed by atoms with Crippen molar-refractivity contribution in [2.75, 3.05) is 0 Å². The maximum absolute atomic E-state index is 10.2. The van der Waals surface area contributed by atoms with E-state index in [1.165, 1.54) is 0 Å². The van der Waals surface area contributed by atoms with Gasteiger partial charge in [-0.25, -0.2) is 9.97 Å². The average molecular weight is 437 g/mol. The highest BCUT2D eigenvalue weighted by Crippen LogP contribution is 2.46. The Bertz CT molecular complexity index is 1500. The van der Waals surface area contributed by atoms with Gasteiger partial charge >= 0.3 is 0 Å². The molecule has 3 N–H and O–H groups in total. The Morgan fingerprint density at radius 1 is 1.00 bits per heavy atom. The molecule has 1 aliphatic carbocycles. The minimum atomic E-state index is -0.691. The molecular weight excluding hydrogens is 412 g/mol. The summed E-state index contributed by atoms with van der Waals surface area (Å²) in [5.74, 6) is 0. The van der Waals surface area contributed by atoms with Gasteiger partial charge in [0.05, 0.1) is 17.0 Å². The van der Waals surface area contributed by atoms with Crippen molar-refractivity contribution in [2.24, 2.45) is 5.73 Å². The first-order chi connectivity index (χ1) is 15.8. The molecule has 0 amide bonds. The SMILES string of the molecule is Cc1cc2ncc3cc(-c4ccncc4)c(-c4ccc([C@]5(N)C[C@@](C)(O)C5)cc4)nc3n2n1. The summed E-state index contributed by atoms with van der Waals surface area (Å²) in [7, 11) is 0. The molecule has 0 atom stereocenters. The van der Waals surface area contributed by atoms with E-state index in [0.29, 0.717) is 12.8 Å². The number of aliphatic hydroxyl groups is 1. The van der Waals surface area contributed by atoms with E-state index in [2.05, 4.69) is 33.3 Å². The van der Waals surface area contributed by atoms with Crippen molar-refractivity contribution < 1.29 is 5.11 Å². The lowest BCUT2D eigenvalue weighted by Crippen LogP contribution is -2.58. The number of hydrogen-bond donors (Lipinski definition) is 2. The van der Waals surface area contributed by atoms with Crippen LogP contribution < -0.4 is 5.73 Å². The van der Waals surface area contributed by atoms with Crippen molar-refractivity contribution in [3.8, 4) is 22.4 Å². The predicted octanol–water partition coefficient (Wildman–Crippen LogP) is 4.01. The Kier molecular flexibility index (Phi) is 4.18. The maximum atomic E-state index is 10.2. The van der Waals surface area contributed by atoms with Gasteiger partial charge in [0.15, 0.2) is 11.3 Å². The van der Waals surface area contributed by atoms with Crippen LogP contribution in [0.5, 0.6) is 0 Å². The van der Waals surface area contributed by atoms with Gasteiger partial charge in [0.1, 0.15) is 0 Å². The Hall–Kier alpha value is -3.68. The van der Waals surface area contributed by atoms with Gasteiger partial charge in [0.25, 0.3) is 0 Å². The second-order valence-corrected chi connectivity index (χ2v) is 9.43. The number of nitrogens with zero attached hydrogens (tertiary/aromatic N) is 5. The number of aromatic nitrogens is 5. The van der Waals surface area contributed by atoms with Gasteiger partial charge in [-0.3, -0.25) is 4.98 Å². The van der Waals surface area contributed by atoms with E-state index >= 15 is 0 Å². The van der Waals surface area contributed by atoms with Crippen LogP contribution in [-0.2, 0) is 5.54 Å². The largest absolute Gasteiger partial charge is 0.390 e. The van der Waals surface area contributed by atoms with Crippen LogP contribution in [0.4, 0.5) is 0 Å². The smallest absolute Gasteiger partial charge is 0.165 e. The number of fused-ring (bicyclic) bond motifs is 3. The zero-order valence-electron chi connectivity index (χ0n) is 18.5. The molecule has 1 fully saturated rings. The molecule has 7 heteroatoms. The fourth-order valence-electron chi connectivity index (χ4n) is 5.10. The second-order valence-electron chi connectivity index (χ2n) is 9.43. The molecule has 5 aromatic rings. The maximum Gasteiger partial charge on any atom is 0.165 e. The van der Waals surface area contributed by atoms with Gasteiger partial charge in [-0.15, -0.1) is 0 Å². The third kappa shape index (κ3) is 3.28. The van der Waals surface area contributed by atoms with E-state index in [9.17, 15) is 5.11 Å². The van der Waals surface area contributed by atoms with Crippen molar-refractivity contribution in [3.05, 3.63) is 78.4 Å². The summed E-state index contributed by atoms with van der Waals surface area (Å²) in [6, 6.07) is 16.2. The van der Waals surface area contributed by atoms with E-state index in [1.807, 2.05) is 50.4 Å². The molecule has 33 heavy (non-hydrogen) atoms. The normalized spacial score (nSPS) is 22.5. The molecule has 7 nitrogen and oxygen atoms in total. The molecule has 0 aliphatic heterocycles. The van der Waals surface area contributed by atoms with E-state index in [0.717, 1.165) is 50.3 Å². The molecular formula is C26H24N6O. The van der Waals surface area contributed by atoms with Crippen molar-refractivity contribution in [3.63, 3.8) is 0 Å². The molecule has 0 radical (unpaired) electrons. The van der Waals surface area contributed by atoms with Crippen molar-refractivity contribution >= 4 is 16.7 Å². The number of pyridine rings is 2. The Balaban J connectivity index is 1.53. The van der Waals surface area contributed by atoms with Gasteiger partial charge in [0, 0.05) is 46.7 Å². The Labute approximate surface area is 191 Å². The minimum Gasteiger partial charge on any atom is -0.390 e. The summed E-state index contributed by atoms with van der Waals surface area (Å²) >= 11 is 0. The van der Waals surface area contributed by atoms with Crippen LogP contribution >= 0.6 is 0 Å². The monoisotopic (exact) mass is 436 g/mol. The van der Waals surface area contributed by atoms with E-state index < -0.39 is 11.1 Å². The first-order valence-corrected chi connectivity index (χ1v) is 11.0. The predicted molar refractivity (Wildman–Crippen MR) is 127 cm³/mol.